The van der Waals surface area contributed by atoms with Crippen LogP contribution < -0.4 is 5.69 Å². The van der Waals surface area contributed by atoms with Crippen LogP contribution in [0.15, 0.2) is 47.3 Å². The van der Waals surface area contributed by atoms with Crippen LogP contribution in [0.5, 0.6) is 0 Å². The van der Waals surface area contributed by atoms with Crippen LogP contribution in [0.3, 0.4) is 0 Å². The number of ether oxygens (including phenoxy) is 1. The summed E-state index contributed by atoms with van der Waals surface area (Å²) in [5, 5.41) is 40.3. The second-order valence-corrected chi connectivity index (χ2v) is 7.68. The predicted molar refractivity (Wildman–Crippen MR) is 110 cm³/mol. The van der Waals surface area contributed by atoms with Crippen molar-refractivity contribution in [1.82, 2.24) is 9.55 Å². The van der Waals surface area contributed by atoms with Gasteiger partial charge in [-0.25, -0.2) is 4.79 Å². The second kappa shape index (κ2) is 8.33. The molecular weight excluding hydrogens is 388 g/mol. The SMILES string of the molecule is CCc1ccc(Cn2c(=O)[nH]c3cccc(C4O[C@H](CO)[C@@H](O)[C@H](O)[C@H]4O)c32)cc1. The van der Waals surface area contributed by atoms with Crippen LogP contribution in [0.2, 0.25) is 0 Å². The average molecular weight is 414 g/mol. The summed E-state index contributed by atoms with van der Waals surface area (Å²) in [5.74, 6) is 0. The van der Waals surface area contributed by atoms with Gasteiger partial charge < -0.3 is 30.1 Å². The number of para-hydroxylation sites is 1. The van der Waals surface area contributed by atoms with E-state index >= 15 is 0 Å². The normalized spacial score (nSPS) is 26.9. The lowest BCUT2D eigenvalue weighted by atomic mass is 9.90. The van der Waals surface area contributed by atoms with Crippen LogP contribution in [-0.4, -0.2) is 61.0 Å². The van der Waals surface area contributed by atoms with Crippen molar-refractivity contribution in [3.8, 4) is 0 Å². The van der Waals surface area contributed by atoms with E-state index in [4.69, 9.17) is 4.74 Å². The van der Waals surface area contributed by atoms with Crippen molar-refractivity contribution in [2.75, 3.05) is 6.61 Å². The summed E-state index contributed by atoms with van der Waals surface area (Å²) in [5.41, 5.74) is 3.45. The number of aromatic amines is 1. The molecule has 3 aromatic rings. The van der Waals surface area contributed by atoms with E-state index in [0.717, 1.165) is 12.0 Å². The molecule has 0 spiro atoms. The Morgan fingerprint density at radius 2 is 1.70 bits per heavy atom. The van der Waals surface area contributed by atoms with Gasteiger partial charge in [0.2, 0.25) is 0 Å². The zero-order valence-electron chi connectivity index (χ0n) is 16.6. The molecule has 4 rings (SSSR count). The summed E-state index contributed by atoms with van der Waals surface area (Å²) in [6, 6.07) is 13.2. The van der Waals surface area contributed by atoms with Crippen molar-refractivity contribution >= 4 is 11.0 Å². The Labute approximate surface area is 173 Å². The molecule has 1 aliphatic rings. The molecule has 160 valence electrons. The number of rotatable bonds is 5. The zero-order valence-corrected chi connectivity index (χ0v) is 16.6. The van der Waals surface area contributed by atoms with Crippen LogP contribution in [0, 0.1) is 0 Å². The monoisotopic (exact) mass is 414 g/mol. The molecule has 2 heterocycles. The number of aromatic nitrogens is 2. The molecule has 0 aliphatic carbocycles. The number of aliphatic hydroxyl groups is 4. The summed E-state index contributed by atoms with van der Waals surface area (Å²) >= 11 is 0. The first kappa shape index (κ1) is 20.8. The van der Waals surface area contributed by atoms with Crippen LogP contribution in [-0.2, 0) is 17.7 Å². The summed E-state index contributed by atoms with van der Waals surface area (Å²) in [7, 11) is 0. The van der Waals surface area contributed by atoms with Crippen LogP contribution in [0.1, 0.15) is 29.7 Å². The first-order valence-electron chi connectivity index (χ1n) is 10.0. The van der Waals surface area contributed by atoms with Gasteiger partial charge in [-0.1, -0.05) is 43.3 Å². The third-order valence-corrected chi connectivity index (χ3v) is 5.79. The minimum Gasteiger partial charge on any atom is -0.394 e. The molecule has 8 heteroatoms. The Morgan fingerprint density at radius 1 is 1.00 bits per heavy atom. The Kier molecular flexibility index (Phi) is 5.77. The maximum Gasteiger partial charge on any atom is 0.326 e. The van der Waals surface area contributed by atoms with E-state index < -0.39 is 37.1 Å². The fourth-order valence-corrected chi connectivity index (χ4v) is 4.05. The molecule has 5 atom stereocenters. The van der Waals surface area contributed by atoms with Crippen molar-refractivity contribution < 1.29 is 25.2 Å². The van der Waals surface area contributed by atoms with Crippen LogP contribution in [0.4, 0.5) is 0 Å². The minimum absolute atomic E-state index is 0.304. The standard InChI is InChI=1S/C22H26N2O6/c1-2-12-6-8-13(9-7-12)10-24-17-14(4-3-5-15(17)23-22(24)29)21-20(28)19(27)18(26)16(11-25)30-21/h3-9,16,18-21,25-28H,2,10-11H2,1H3,(H,23,29)/t16-,18-,19+,20-,21?/m1/s1. The first-order valence-corrected chi connectivity index (χ1v) is 10.0. The molecule has 1 fully saturated rings. The Morgan fingerprint density at radius 3 is 2.37 bits per heavy atom. The molecule has 1 saturated heterocycles. The fourth-order valence-electron chi connectivity index (χ4n) is 4.05. The third kappa shape index (κ3) is 3.57. The van der Waals surface area contributed by atoms with Crippen LogP contribution >= 0.6 is 0 Å². The number of hydrogen-bond donors (Lipinski definition) is 5. The van der Waals surface area contributed by atoms with Gasteiger partial charge in [0, 0.05) is 5.56 Å². The minimum atomic E-state index is -1.49. The van der Waals surface area contributed by atoms with Gasteiger partial charge in [0.25, 0.3) is 0 Å². The average Bonchev–Trinajstić information content (AvgIpc) is 3.08. The molecular formula is C22H26N2O6. The Hall–Kier alpha value is -2.49. The molecule has 30 heavy (non-hydrogen) atoms. The van der Waals surface area contributed by atoms with Gasteiger partial charge >= 0.3 is 5.69 Å². The number of hydrogen-bond acceptors (Lipinski definition) is 6. The highest BCUT2D eigenvalue weighted by molar-refractivity contribution is 5.79. The van der Waals surface area contributed by atoms with Crippen molar-refractivity contribution in [2.45, 2.75) is 50.4 Å². The first-order chi connectivity index (χ1) is 14.4. The van der Waals surface area contributed by atoms with Gasteiger partial charge in [0.15, 0.2) is 0 Å². The molecule has 1 aliphatic heterocycles. The number of H-pyrrole nitrogens is 1. The molecule has 1 unspecified atom stereocenters. The van der Waals surface area contributed by atoms with E-state index in [0.29, 0.717) is 23.1 Å². The highest BCUT2D eigenvalue weighted by atomic mass is 16.5. The van der Waals surface area contributed by atoms with E-state index in [1.807, 2.05) is 24.3 Å². The molecule has 8 nitrogen and oxygen atoms in total. The maximum atomic E-state index is 12.7. The number of nitrogens with one attached hydrogen (secondary N) is 1. The van der Waals surface area contributed by atoms with E-state index in [9.17, 15) is 25.2 Å². The highest BCUT2D eigenvalue weighted by Crippen LogP contribution is 2.35. The molecule has 5 N–H and O–H groups in total. The zero-order chi connectivity index (χ0) is 21.4. The predicted octanol–water partition coefficient (Wildman–Crippen LogP) is 0.455. The number of fused-ring (bicyclic) bond motifs is 1. The van der Waals surface area contributed by atoms with Crippen molar-refractivity contribution in [3.63, 3.8) is 0 Å². The van der Waals surface area contributed by atoms with E-state index in [-0.39, 0.29) is 5.69 Å². The lowest BCUT2D eigenvalue weighted by Crippen LogP contribution is -2.55. The quantitative estimate of drug-likeness (QED) is 0.413. The summed E-state index contributed by atoms with van der Waals surface area (Å²) < 4.78 is 7.29. The number of benzene rings is 2. The topological polar surface area (TPSA) is 128 Å². The van der Waals surface area contributed by atoms with Crippen LogP contribution in [0.25, 0.3) is 11.0 Å². The van der Waals surface area contributed by atoms with E-state index in [2.05, 4.69) is 11.9 Å². The van der Waals surface area contributed by atoms with Gasteiger partial charge in [-0.2, -0.15) is 0 Å². The molecule has 0 radical (unpaired) electrons. The third-order valence-electron chi connectivity index (χ3n) is 5.79. The number of nitrogens with zero attached hydrogens (tertiary/aromatic N) is 1. The molecule has 1 aromatic heterocycles. The van der Waals surface area contributed by atoms with E-state index in [1.165, 1.54) is 5.56 Å². The van der Waals surface area contributed by atoms with Crippen molar-refractivity contribution in [3.05, 3.63) is 69.6 Å². The number of aliphatic hydroxyl groups excluding tert-OH is 4. The molecule has 2 aromatic carbocycles. The lowest BCUT2D eigenvalue weighted by molar-refractivity contribution is -0.231. The van der Waals surface area contributed by atoms with Gasteiger partial charge in [0.1, 0.15) is 30.5 Å². The number of imidazole rings is 1. The van der Waals surface area contributed by atoms with Crippen molar-refractivity contribution in [2.24, 2.45) is 0 Å². The highest BCUT2D eigenvalue weighted by Gasteiger charge is 2.44. The molecule has 0 saturated carbocycles. The molecule has 0 bridgehead atoms. The van der Waals surface area contributed by atoms with Gasteiger partial charge in [0.05, 0.1) is 24.2 Å². The second-order valence-electron chi connectivity index (χ2n) is 7.68. The summed E-state index contributed by atoms with van der Waals surface area (Å²) in [4.78, 5) is 15.5. The fraction of sp³-hybridized carbons (Fsp3) is 0.409. The van der Waals surface area contributed by atoms with Crippen molar-refractivity contribution in [1.29, 1.82) is 0 Å². The largest absolute Gasteiger partial charge is 0.394 e. The Bertz CT molecular complexity index is 1070. The van der Waals surface area contributed by atoms with Gasteiger partial charge in [-0.3, -0.25) is 4.57 Å². The van der Waals surface area contributed by atoms with Gasteiger partial charge in [-0.15, -0.1) is 0 Å². The smallest absolute Gasteiger partial charge is 0.326 e. The maximum absolute atomic E-state index is 12.7. The summed E-state index contributed by atoms with van der Waals surface area (Å²) in [6.07, 6.45) is -5.47. The van der Waals surface area contributed by atoms with E-state index in [1.54, 1.807) is 22.8 Å². The number of aryl methyl sites for hydroxylation is 1. The summed E-state index contributed by atoms with van der Waals surface area (Å²) in [6.45, 7) is 1.88. The van der Waals surface area contributed by atoms with Gasteiger partial charge in [-0.05, 0) is 23.6 Å². The molecule has 0 amide bonds. The Balaban J connectivity index is 1.78. The lowest BCUT2D eigenvalue weighted by Gasteiger charge is -2.40.